The maximum atomic E-state index is 3.84. The molecule has 0 aliphatic rings. The molecule has 11 heavy (non-hydrogen) atoms. The lowest BCUT2D eigenvalue weighted by Crippen LogP contribution is -1.95. The normalized spacial score (nSPS) is 9.73. The van der Waals surface area contributed by atoms with Crippen LogP contribution in [0.2, 0.25) is 0 Å². The zero-order chi connectivity index (χ0) is 8.43. The third kappa shape index (κ3) is 1.67. The molecule has 1 aromatic carbocycles. The van der Waals surface area contributed by atoms with E-state index < -0.39 is 0 Å². The quantitative estimate of drug-likeness (QED) is 0.424. The molecule has 0 aliphatic heterocycles. The monoisotopic (exact) mass is 148 g/mol. The Bertz CT molecular complexity index is 287. The summed E-state index contributed by atoms with van der Waals surface area (Å²) >= 11 is 0. The van der Waals surface area contributed by atoms with E-state index in [0.29, 0.717) is 0 Å². The lowest BCUT2D eigenvalue weighted by Gasteiger charge is -1.99. The van der Waals surface area contributed by atoms with Crippen LogP contribution in [0.1, 0.15) is 11.1 Å². The molecule has 0 heterocycles. The summed E-state index contributed by atoms with van der Waals surface area (Å²) in [6.07, 6.45) is 0. The molecule has 1 rings (SSSR count). The van der Waals surface area contributed by atoms with Crippen molar-refractivity contribution in [3.8, 4) is 0 Å². The minimum atomic E-state index is 1.20. The molecule has 1 heteroatoms. The lowest BCUT2D eigenvalue weighted by atomic mass is 10.1. The second kappa shape index (κ2) is 2.87. The largest absolute Gasteiger partial charge is 0.208 e. The molecule has 0 fully saturated rings. The highest BCUT2D eigenvalue weighted by atomic mass is 14.9. The predicted octanol–water partition coefficient (Wildman–Crippen LogP) is 2.28. The van der Waals surface area contributed by atoms with Crippen LogP contribution in [-0.2, 0) is 0 Å². The van der Waals surface area contributed by atoms with E-state index in [1.807, 2.05) is 11.6 Å². The van der Waals surface area contributed by atoms with Crippen LogP contribution in [0, 0.1) is 13.8 Å². The van der Waals surface area contributed by atoms with Gasteiger partial charge >= 0.3 is 0 Å². The van der Waals surface area contributed by atoms with Gasteiger partial charge in [0.2, 0.25) is 5.69 Å². The summed E-state index contributed by atoms with van der Waals surface area (Å²) < 4.78 is 1.89. The second-order valence-electron chi connectivity index (χ2n) is 2.99. The van der Waals surface area contributed by atoms with Gasteiger partial charge in [0.25, 0.3) is 0 Å². The minimum absolute atomic E-state index is 1.20. The highest BCUT2D eigenvalue weighted by Gasteiger charge is 2.04. The molecule has 0 radical (unpaired) electrons. The van der Waals surface area contributed by atoms with Crippen LogP contribution in [0.5, 0.6) is 0 Å². The van der Waals surface area contributed by atoms with Crippen molar-refractivity contribution in [2.24, 2.45) is 0 Å². The van der Waals surface area contributed by atoms with Gasteiger partial charge in [-0.2, -0.15) is 0 Å². The number of aryl methyl sites for hydroxylation is 2. The van der Waals surface area contributed by atoms with Crippen molar-refractivity contribution < 1.29 is 4.58 Å². The van der Waals surface area contributed by atoms with Crippen molar-refractivity contribution in [3.05, 3.63) is 29.3 Å². The fourth-order valence-electron chi connectivity index (χ4n) is 1.13. The molecule has 0 saturated carbocycles. The zero-order valence-corrected chi connectivity index (χ0v) is 7.39. The third-order valence-corrected chi connectivity index (χ3v) is 1.78. The van der Waals surface area contributed by atoms with Crippen LogP contribution in [0.25, 0.3) is 0 Å². The van der Waals surface area contributed by atoms with Crippen LogP contribution in [0.4, 0.5) is 5.69 Å². The van der Waals surface area contributed by atoms with Crippen molar-refractivity contribution in [2.75, 3.05) is 7.05 Å². The number of rotatable bonds is 1. The van der Waals surface area contributed by atoms with Crippen LogP contribution in [0.3, 0.4) is 0 Å². The Morgan fingerprint density at radius 1 is 1.27 bits per heavy atom. The summed E-state index contributed by atoms with van der Waals surface area (Å²) in [5.74, 6) is 0. The molecular formula is C10H14N+. The molecule has 0 aliphatic carbocycles. The fourth-order valence-corrected chi connectivity index (χ4v) is 1.13. The molecule has 0 amide bonds. The van der Waals surface area contributed by atoms with E-state index in [1.54, 1.807) is 0 Å². The minimum Gasteiger partial charge on any atom is -0.208 e. The Morgan fingerprint density at radius 3 is 2.36 bits per heavy atom. The molecule has 0 unspecified atom stereocenters. The number of benzene rings is 1. The Kier molecular flexibility index (Phi) is 2.08. The molecule has 0 aromatic heterocycles. The maximum Gasteiger partial charge on any atom is 0.207 e. The van der Waals surface area contributed by atoms with E-state index in [1.165, 1.54) is 16.8 Å². The number of hydrogen-bond donors (Lipinski definition) is 0. The van der Waals surface area contributed by atoms with Gasteiger partial charge in [0.1, 0.15) is 13.8 Å². The number of nitrogens with zero attached hydrogens (tertiary/aromatic N) is 1. The molecule has 1 aromatic rings. The van der Waals surface area contributed by atoms with Gasteiger partial charge in [0.15, 0.2) is 0 Å². The first-order valence-electron chi connectivity index (χ1n) is 3.73. The third-order valence-electron chi connectivity index (χ3n) is 1.78. The van der Waals surface area contributed by atoms with Crippen molar-refractivity contribution in [2.45, 2.75) is 13.8 Å². The van der Waals surface area contributed by atoms with E-state index in [-0.39, 0.29) is 0 Å². The Morgan fingerprint density at radius 2 is 1.91 bits per heavy atom. The second-order valence-corrected chi connectivity index (χ2v) is 2.99. The molecular weight excluding hydrogens is 134 g/mol. The highest BCUT2D eigenvalue weighted by Crippen LogP contribution is 2.17. The Labute approximate surface area is 68.0 Å². The molecule has 0 saturated heterocycles. The molecule has 0 N–H and O–H groups in total. The standard InChI is InChI=1S/C10H14N/c1-8-5-6-9(2)10(7-8)11(3)4/h5-7H,3H2,1-2,4H3/q+1. The molecule has 0 spiro atoms. The van der Waals surface area contributed by atoms with E-state index in [2.05, 4.69) is 38.8 Å². The first kappa shape index (κ1) is 7.99. The predicted molar refractivity (Wildman–Crippen MR) is 48.9 cm³/mol. The molecule has 1 nitrogen and oxygen atoms in total. The van der Waals surface area contributed by atoms with Crippen LogP contribution >= 0.6 is 0 Å². The first-order valence-corrected chi connectivity index (χ1v) is 3.73. The zero-order valence-electron chi connectivity index (χ0n) is 7.39. The summed E-state index contributed by atoms with van der Waals surface area (Å²) in [5, 5.41) is 0. The van der Waals surface area contributed by atoms with E-state index in [4.69, 9.17) is 0 Å². The highest BCUT2D eigenvalue weighted by molar-refractivity contribution is 5.43. The SMILES string of the molecule is C=[N+](C)c1cc(C)ccc1C. The first-order chi connectivity index (χ1) is 5.11. The Balaban J connectivity index is 3.23. The van der Waals surface area contributed by atoms with Crippen LogP contribution in [0.15, 0.2) is 18.2 Å². The van der Waals surface area contributed by atoms with Gasteiger partial charge in [-0.3, -0.25) is 0 Å². The average Bonchev–Trinajstić information content (AvgIpc) is 1.94. The van der Waals surface area contributed by atoms with Crippen molar-refractivity contribution in [3.63, 3.8) is 0 Å². The topological polar surface area (TPSA) is 3.01 Å². The summed E-state index contributed by atoms with van der Waals surface area (Å²) in [6, 6.07) is 6.37. The van der Waals surface area contributed by atoms with Crippen molar-refractivity contribution in [1.82, 2.24) is 0 Å². The molecule has 0 atom stereocenters. The lowest BCUT2D eigenvalue weighted by molar-refractivity contribution is -0.395. The maximum absolute atomic E-state index is 3.84. The summed E-state index contributed by atoms with van der Waals surface area (Å²) in [6.45, 7) is 8.03. The van der Waals surface area contributed by atoms with Gasteiger partial charge in [-0.05, 0) is 19.4 Å². The summed E-state index contributed by atoms with van der Waals surface area (Å²) in [7, 11) is 1.96. The fraction of sp³-hybridized carbons (Fsp3) is 0.300. The van der Waals surface area contributed by atoms with Gasteiger partial charge in [-0.1, -0.05) is 12.1 Å². The van der Waals surface area contributed by atoms with Crippen LogP contribution in [-0.4, -0.2) is 18.3 Å². The summed E-state index contributed by atoms with van der Waals surface area (Å²) in [5.41, 5.74) is 3.75. The smallest absolute Gasteiger partial charge is 0.207 e. The van der Waals surface area contributed by atoms with Gasteiger partial charge in [0, 0.05) is 11.6 Å². The molecule has 0 bridgehead atoms. The van der Waals surface area contributed by atoms with E-state index >= 15 is 0 Å². The molecule has 58 valence electrons. The Hall–Kier alpha value is -1.11. The van der Waals surface area contributed by atoms with Gasteiger partial charge in [-0.25, -0.2) is 4.58 Å². The van der Waals surface area contributed by atoms with E-state index in [9.17, 15) is 0 Å². The van der Waals surface area contributed by atoms with E-state index in [0.717, 1.165) is 0 Å². The van der Waals surface area contributed by atoms with Crippen molar-refractivity contribution >= 4 is 12.4 Å². The summed E-state index contributed by atoms with van der Waals surface area (Å²) in [4.78, 5) is 0. The van der Waals surface area contributed by atoms with Gasteiger partial charge in [0.05, 0.1) is 0 Å². The van der Waals surface area contributed by atoms with Crippen molar-refractivity contribution in [1.29, 1.82) is 0 Å². The average molecular weight is 148 g/mol. The van der Waals surface area contributed by atoms with Crippen LogP contribution < -0.4 is 0 Å². The van der Waals surface area contributed by atoms with Gasteiger partial charge in [-0.15, -0.1) is 0 Å². The number of hydrogen-bond acceptors (Lipinski definition) is 0. The van der Waals surface area contributed by atoms with Gasteiger partial charge < -0.3 is 0 Å².